The van der Waals surface area contributed by atoms with E-state index in [4.69, 9.17) is 4.42 Å². The third kappa shape index (κ3) is 3.40. The Hall–Kier alpha value is -2.66. The van der Waals surface area contributed by atoms with Gasteiger partial charge < -0.3 is 14.4 Å². The van der Waals surface area contributed by atoms with E-state index in [1.165, 1.54) is 18.2 Å². The van der Waals surface area contributed by atoms with Crippen LogP contribution in [-0.4, -0.2) is 12.2 Å². The molecule has 1 atom stereocenters. The lowest BCUT2D eigenvalue weighted by Gasteiger charge is -2.15. The molecule has 1 heterocycles. The average molecular weight is 314 g/mol. The van der Waals surface area contributed by atoms with Crippen molar-refractivity contribution in [1.82, 2.24) is 0 Å². The highest BCUT2D eigenvalue weighted by Crippen LogP contribution is 2.21. The average Bonchev–Trinajstić information content (AvgIpc) is 2.49. The summed E-state index contributed by atoms with van der Waals surface area (Å²) in [4.78, 5) is 12.7. The minimum absolute atomic E-state index is 0.0462. The second kappa shape index (κ2) is 6.22. The lowest BCUT2D eigenvalue weighted by Crippen LogP contribution is -3.06. The topological polar surface area (TPSA) is 54.9 Å². The van der Waals surface area contributed by atoms with Gasteiger partial charge >= 0.3 is 5.63 Å². The molecule has 0 amide bonds. The third-order valence-corrected chi connectivity index (χ3v) is 3.76. The molecule has 0 saturated carbocycles. The summed E-state index contributed by atoms with van der Waals surface area (Å²) in [5, 5.41) is 10.3. The highest BCUT2D eigenvalue weighted by Gasteiger charge is 2.13. The summed E-state index contributed by atoms with van der Waals surface area (Å²) in [6.07, 6.45) is 0. The molecule has 2 aromatic carbocycles. The van der Waals surface area contributed by atoms with Gasteiger partial charge in [0, 0.05) is 28.6 Å². The number of hydrogen-bond donors (Lipinski definition) is 2. The van der Waals surface area contributed by atoms with E-state index in [0.717, 1.165) is 15.8 Å². The van der Waals surface area contributed by atoms with Crippen LogP contribution in [0, 0.1) is 5.82 Å². The van der Waals surface area contributed by atoms with Crippen molar-refractivity contribution in [3.63, 3.8) is 0 Å². The zero-order valence-corrected chi connectivity index (χ0v) is 12.7. The van der Waals surface area contributed by atoms with Crippen molar-refractivity contribution in [2.45, 2.75) is 13.1 Å². The summed E-state index contributed by atoms with van der Waals surface area (Å²) in [5.74, 6) is -0.181. The summed E-state index contributed by atoms with van der Waals surface area (Å²) >= 11 is 0. The van der Waals surface area contributed by atoms with Crippen molar-refractivity contribution in [3.8, 4) is 5.75 Å². The molecular formula is C18H17FNO3+. The fraction of sp³-hybridized carbons (Fsp3) is 0.167. The molecule has 0 aliphatic rings. The molecule has 23 heavy (non-hydrogen) atoms. The Bertz CT molecular complexity index is 904. The van der Waals surface area contributed by atoms with Crippen LogP contribution < -0.4 is 10.5 Å². The van der Waals surface area contributed by atoms with E-state index in [1.807, 2.05) is 7.05 Å². The first kappa shape index (κ1) is 15.2. The molecule has 0 aliphatic heterocycles. The van der Waals surface area contributed by atoms with Crippen molar-refractivity contribution in [2.75, 3.05) is 7.05 Å². The molecule has 0 bridgehead atoms. The molecule has 0 aliphatic carbocycles. The van der Waals surface area contributed by atoms with Gasteiger partial charge in [0.2, 0.25) is 0 Å². The molecule has 0 saturated heterocycles. The highest BCUT2D eigenvalue weighted by atomic mass is 19.1. The maximum Gasteiger partial charge on any atom is 0.336 e. The minimum atomic E-state index is -0.461. The smallest absolute Gasteiger partial charge is 0.336 e. The molecule has 1 unspecified atom stereocenters. The first-order valence-electron chi connectivity index (χ1n) is 7.33. The number of benzene rings is 2. The Morgan fingerprint density at radius 1 is 1.09 bits per heavy atom. The van der Waals surface area contributed by atoms with E-state index in [1.54, 1.807) is 30.3 Å². The molecule has 5 heteroatoms. The molecule has 3 aromatic rings. The normalized spacial score (nSPS) is 12.4. The Morgan fingerprint density at radius 3 is 2.61 bits per heavy atom. The fourth-order valence-corrected chi connectivity index (χ4v) is 2.72. The SMILES string of the molecule is C[NH+](Cc1ccccc1F)Cc1cc(=O)oc2cc(O)ccc12. The Balaban J connectivity index is 1.89. The minimum Gasteiger partial charge on any atom is -0.508 e. The van der Waals surface area contributed by atoms with Crippen molar-refractivity contribution < 1.29 is 18.8 Å². The van der Waals surface area contributed by atoms with Gasteiger partial charge in [-0.25, -0.2) is 9.18 Å². The predicted octanol–water partition coefficient (Wildman–Crippen LogP) is 1.85. The first-order chi connectivity index (χ1) is 11.0. The standard InChI is InChI=1S/C18H16FNO3/c1-20(10-12-4-2-3-5-16(12)19)11-13-8-18(22)23-17-9-14(21)6-7-15(13)17/h2-9,21H,10-11H2,1H3/p+1. The number of nitrogens with one attached hydrogen (secondary N) is 1. The van der Waals surface area contributed by atoms with Gasteiger partial charge in [-0.3, -0.25) is 0 Å². The van der Waals surface area contributed by atoms with Gasteiger partial charge in [-0.15, -0.1) is 0 Å². The molecule has 0 radical (unpaired) electrons. The maximum atomic E-state index is 13.7. The van der Waals surface area contributed by atoms with E-state index in [2.05, 4.69) is 0 Å². The molecular weight excluding hydrogens is 297 g/mol. The lowest BCUT2D eigenvalue weighted by atomic mass is 10.1. The largest absolute Gasteiger partial charge is 0.508 e. The van der Waals surface area contributed by atoms with Gasteiger partial charge in [-0.05, 0) is 18.2 Å². The van der Waals surface area contributed by atoms with Crippen LogP contribution in [0.2, 0.25) is 0 Å². The van der Waals surface area contributed by atoms with Gasteiger partial charge in [0.25, 0.3) is 0 Å². The van der Waals surface area contributed by atoms with Crippen molar-refractivity contribution in [2.24, 2.45) is 0 Å². The lowest BCUT2D eigenvalue weighted by molar-refractivity contribution is -0.907. The van der Waals surface area contributed by atoms with Crippen LogP contribution in [-0.2, 0) is 13.1 Å². The molecule has 3 rings (SSSR count). The van der Waals surface area contributed by atoms with Crippen molar-refractivity contribution in [1.29, 1.82) is 0 Å². The molecule has 0 fully saturated rings. The number of phenols is 1. The fourth-order valence-electron chi connectivity index (χ4n) is 2.72. The summed E-state index contributed by atoms with van der Waals surface area (Å²) < 4.78 is 18.9. The number of phenolic OH excluding ortho intramolecular Hbond substituents is 1. The van der Waals surface area contributed by atoms with Crippen LogP contribution in [0.3, 0.4) is 0 Å². The highest BCUT2D eigenvalue weighted by molar-refractivity contribution is 5.81. The maximum absolute atomic E-state index is 13.7. The molecule has 1 aromatic heterocycles. The molecule has 4 nitrogen and oxygen atoms in total. The van der Waals surface area contributed by atoms with Crippen LogP contribution in [0.1, 0.15) is 11.1 Å². The Labute approximate surface area is 132 Å². The summed E-state index contributed by atoms with van der Waals surface area (Å²) in [7, 11) is 1.94. The monoisotopic (exact) mass is 314 g/mol. The third-order valence-electron chi connectivity index (χ3n) is 3.76. The number of fused-ring (bicyclic) bond motifs is 1. The predicted molar refractivity (Wildman–Crippen MR) is 84.8 cm³/mol. The van der Waals surface area contributed by atoms with Crippen LogP contribution in [0.25, 0.3) is 11.0 Å². The van der Waals surface area contributed by atoms with E-state index < -0.39 is 5.63 Å². The van der Waals surface area contributed by atoms with Gasteiger partial charge in [-0.2, -0.15) is 0 Å². The van der Waals surface area contributed by atoms with E-state index in [0.29, 0.717) is 24.2 Å². The first-order valence-corrected chi connectivity index (χ1v) is 7.33. The van der Waals surface area contributed by atoms with Crippen LogP contribution in [0.4, 0.5) is 4.39 Å². The van der Waals surface area contributed by atoms with Crippen molar-refractivity contribution in [3.05, 3.63) is 75.9 Å². The Kier molecular flexibility index (Phi) is 4.12. The van der Waals surface area contributed by atoms with Crippen LogP contribution >= 0.6 is 0 Å². The van der Waals surface area contributed by atoms with E-state index in [-0.39, 0.29) is 11.6 Å². The quantitative estimate of drug-likeness (QED) is 0.723. The number of quaternary nitrogens is 1. The van der Waals surface area contributed by atoms with Crippen LogP contribution in [0.15, 0.2) is 57.7 Å². The van der Waals surface area contributed by atoms with Crippen LogP contribution in [0.5, 0.6) is 5.75 Å². The molecule has 2 N–H and O–H groups in total. The van der Waals surface area contributed by atoms with Crippen molar-refractivity contribution >= 4 is 11.0 Å². The number of halogens is 1. The van der Waals surface area contributed by atoms with Gasteiger partial charge in [-0.1, -0.05) is 18.2 Å². The number of rotatable bonds is 4. The summed E-state index contributed by atoms with van der Waals surface area (Å²) in [6.45, 7) is 1.05. The summed E-state index contributed by atoms with van der Waals surface area (Å²) in [5.41, 5.74) is 1.34. The molecule has 118 valence electrons. The zero-order chi connectivity index (χ0) is 16.4. The second-order valence-corrected chi connectivity index (χ2v) is 5.67. The van der Waals surface area contributed by atoms with Gasteiger partial charge in [0.05, 0.1) is 7.05 Å². The number of hydrogen-bond acceptors (Lipinski definition) is 3. The number of aromatic hydroxyl groups is 1. The van der Waals surface area contributed by atoms with Gasteiger partial charge in [0.15, 0.2) is 0 Å². The Morgan fingerprint density at radius 2 is 1.83 bits per heavy atom. The second-order valence-electron chi connectivity index (χ2n) is 5.67. The van der Waals surface area contributed by atoms with E-state index >= 15 is 0 Å². The summed E-state index contributed by atoms with van der Waals surface area (Å²) in [6, 6.07) is 12.8. The van der Waals surface area contributed by atoms with E-state index in [9.17, 15) is 14.3 Å². The van der Waals surface area contributed by atoms with Gasteiger partial charge in [0.1, 0.15) is 30.2 Å². The molecule has 0 spiro atoms. The zero-order valence-electron chi connectivity index (χ0n) is 12.7.